The minimum atomic E-state index is -1.11. The SMILES string of the molecule is O=C([O-])Cc1nc(-c2ccc(Cl)cc2)cs1.[Na+]. The molecule has 0 aliphatic carbocycles. The van der Waals surface area contributed by atoms with E-state index < -0.39 is 5.97 Å². The minimum absolute atomic E-state index is 0. The maximum atomic E-state index is 10.4. The van der Waals surface area contributed by atoms with Crippen molar-refractivity contribution in [3.63, 3.8) is 0 Å². The smallest absolute Gasteiger partial charge is 0.550 e. The van der Waals surface area contributed by atoms with Gasteiger partial charge in [-0.3, -0.25) is 0 Å². The maximum absolute atomic E-state index is 10.4. The van der Waals surface area contributed by atoms with Crippen molar-refractivity contribution >= 4 is 28.9 Å². The third-order valence-corrected chi connectivity index (χ3v) is 3.09. The van der Waals surface area contributed by atoms with Gasteiger partial charge in [0.25, 0.3) is 0 Å². The van der Waals surface area contributed by atoms with Crippen LogP contribution in [0.4, 0.5) is 0 Å². The second kappa shape index (κ2) is 6.52. The monoisotopic (exact) mass is 275 g/mol. The number of rotatable bonds is 3. The van der Waals surface area contributed by atoms with Crippen molar-refractivity contribution in [2.45, 2.75) is 6.42 Å². The van der Waals surface area contributed by atoms with E-state index in [1.807, 2.05) is 17.5 Å². The molecule has 0 bridgehead atoms. The first-order chi connectivity index (χ1) is 7.65. The van der Waals surface area contributed by atoms with Crippen molar-refractivity contribution in [3.05, 3.63) is 39.7 Å². The first kappa shape index (κ1) is 14.7. The molecule has 1 aromatic heterocycles. The zero-order chi connectivity index (χ0) is 11.5. The molecule has 0 aliphatic heterocycles. The first-order valence-corrected chi connectivity index (χ1v) is 5.81. The summed E-state index contributed by atoms with van der Waals surface area (Å²) in [5.74, 6) is -1.11. The van der Waals surface area contributed by atoms with E-state index in [0.29, 0.717) is 10.0 Å². The number of halogens is 1. The van der Waals surface area contributed by atoms with Gasteiger partial charge in [0.05, 0.1) is 10.7 Å². The van der Waals surface area contributed by atoms with Crippen LogP contribution in [-0.4, -0.2) is 11.0 Å². The van der Waals surface area contributed by atoms with Crippen LogP contribution in [0.25, 0.3) is 11.3 Å². The molecule has 0 saturated heterocycles. The second-order valence-electron chi connectivity index (χ2n) is 3.18. The van der Waals surface area contributed by atoms with Gasteiger partial charge in [0.1, 0.15) is 0 Å². The van der Waals surface area contributed by atoms with Gasteiger partial charge in [0.15, 0.2) is 0 Å². The molecule has 0 atom stereocenters. The van der Waals surface area contributed by atoms with Crippen LogP contribution in [0.15, 0.2) is 29.6 Å². The Morgan fingerprint density at radius 2 is 2.00 bits per heavy atom. The summed E-state index contributed by atoms with van der Waals surface area (Å²) in [4.78, 5) is 14.6. The molecular formula is C11H7ClNNaO2S. The van der Waals surface area contributed by atoms with Crippen LogP contribution in [0.1, 0.15) is 5.01 Å². The van der Waals surface area contributed by atoms with Gasteiger partial charge in [-0.25, -0.2) is 4.98 Å². The molecule has 17 heavy (non-hydrogen) atoms. The zero-order valence-electron chi connectivity index (χ0n) is 9.14. The molecule has 0 fully saturated rings. The number of hydrogen-bond donors (Lipinski definition) is 0. The molecule has 0 saturated carbocycles. The number of carbonyl (C=O) groups is 1. The van der Waals surface area contributed by atoms with E-state index in [9.17, 15) is 9.90 Å². The fraction of sp³-hybridized carbons (Fsp3) is 0.0909. The van der Waals surface area contributed by atoms with Crippen molar-refractivity contribution in [2.75, 3.05) is 0 Å². The zero-order valence-corrected chi connectivity index (χ0v) is 12.7. The number of aliphatic carboxylic acids is 1. The molecule has 0 aliphatic rings. The van der Waals surface area contributed by atoms with Gasteiger partial charge < -0.3 is 9.90 Å². The fourth-order valence-corrected chi connectivity index (χ4v) is 2.18. The molecule has 1 heterocycles. The summed E-state index contributed by atoms with van der Waals surface area (Å²) < 4.78 is 0. The van der Waals surface area contributed by atoms with Crippen LogP contribution in [0.2, 0.25) is 5.02 Å². The van der Waals surface area contributed by atoms with Gasteiger partial charge in [0.2, 0.25) is 0 Å². The summed E-state index contributed by atoms with van der Waals surface area (Å²) in [6.07, 6.45) is -0.141. The Hall–Kier alpha value is -0.390. The fourth-order valence-electron chi connectivity index (χ4n) is 1.27. The third kappa shape index (κ3) is 4.08. The summed E-state index contributed by atoms with van der Waals surface area (Å²) in [7, 11) is 0. The molecule has 2 rings (SSSR count). The molecule has 2 aromatic rings. The Morgan fingerprint density at radius 1 is 1.35 bits per heavy atom. The number of benzene rings is 1. The van der Waals surface area contributed by atoms with Crippen molar-refractivity contribution in [2.24, 2.45) is 0 Å². The Morgan fingerprint density at radius 3 is 2.59 bits per heavy atom. The number of thiazole rings is 1. The average Bonchev–Trinajstić information content (AvgIpc) is 2.66. The maximum Gasteiger partial charge on any atom is 1.00 e. The van der Waals surface area contributed by atoms with E-state index in [2.05, 4.69) is 4.98 Å². The largest absolute Gasteiger partial charge is 1.00 e. The topological polar surface area (TPSA) is 53.0 Å². The van der Waals surface area contributed by atoms with Crippen LogP contribution >= 0.6 is 22.9 Å². The number of nitrogens with zero attached hydrogens (tertiary/aromatic N) is 1. The predicted molar refractivity (Wildman–Crippen MR) is 61.3 cm³/mol. The van der Waals surface area contributed by atoms with Crippen molar-refractivity contribution in [1.29, 1.82) is 0 Å². The van der Waals surface area contributed by atoms with E-state index in [1.54, 1.807) is 12.1 Å². The third-order valence-electron chi connectivity index (χ3n) is 1.99. The Bertz CT molecular complexity index is 512. The van der Waals surface area contributed by atoms with Gasteiger partial charge in [-0.2, -0.15) is 0 Å². The van der Waals surface area contributed by atoms with E-state index in [0.717, 1.165) is 11.3 Å². The molecule has 1 aromatic carbocycles. The van der Waals surface area contributed by atoms with Gasteiger partial charge >= 0.3 is 29.6 Å². The number of carboxylic acid groups (broad SMARTS) is 1. The number of aromatic nitrogens is 1. The van der Waals surface area contributed by atoms with Gasteiger partial charge in [-0.15, -0.1) is 11.3 Å². The normalized spacial score (nSPS) is 9.71. The van der Waals surface area contributed by atoms with Gasteiger partial charge in [-0.05, 0) is 12.1 Å². The van der Waals surface area contributed by atoms with E-state index in [4.69, 9.17) is 11.6 Å². The second-order valence-corrected chi connectivity index (χ2v) is 4.56. The summed E-state index contributed by atoms with van der Waals surface area (Å²) >= 11 is 7.08. The van der Waals surface area contributed by atoms with Crippen LogP contribution in [0.5, 0.6) is 0 Å². The summed E-state index contributed by atoms with van der Waals surface area (Å²) in [5, 5.41) is 13.4. The number of carbonyl (C=O) groups excluding carboxylic acids is 1. The number of carboxylic acids is 1. The predicted octanol–water partition coefficient (Wildman–Crippen LogP) is -1.24. The molecule has 82 valence electrons. The van der Waals surface area contributed by atoms with Crippen molar-refractivity contribution in [1.82, 2.24) is 4.98 Å². The standard InChI is InChI=1S/C11H8ClNO2S.Na/c12-8-3-1-7(2-4-8)9-6-16-10(13-9)5-11(14)15;/h1-4,6H,5H2,(H,14,15);/q;+1/p-1. The quantitative estimate of drug-likeness (QED) is 0.659. The molecule has 0 radical (unpaired) electrons. The van der Waals surface area contributed by atoms with Crippen LogP contribution in [-0.2, 0) is 11.2 Å². The summed E-state index contributed by atoms with van der Waals surface area (Å²) in [5.41, 5.74) is 1.68. The average molecular weight is 276 g/mol. The summed E-state index contributed by atoms with van der Waals surface area (Å²) in [6, 6.07) is 7.24. The molecule has 0 unspecified atom stereocenters. The minimum Gasteiger partial charge on any atom is -0.550 e. The Labute approximate surface area is 130 Å². The molecule has 3 nitrogen and oxygen atoms in total. The van der Waals surface area contributed by atoms with Crippen LogP contribution in [0.3, 0.4) is 0 Å². The van der Waals surface area contributed by atoms with E-state index in [-0.39, 0.29) is 36.0 Å². The summed E-state index contributed by atoms with van der Waals surface area (Å²) in [6.45, 7) is 0. The van der Waals surface area contributed by atoms with Gasteiger partial charge in [-0.1, -0.05) is 23.7 Å². The van der Waals surface area contributed by atoms with Crippen LogP contribution < -0.4 is 34.7 Å². The van der Waals surface area contributed by atoms with Crippen LogP contribution in [0, 0.1) is 0 Å². The van der Waals surface area contributed by atoms with Crippen molar-refractivity contribution in [3.8, 4) is 11.3 Å². The molecular weight excluding hydrogens is 269 g/mol. The van der Waals surface area contributed by atoms with E-state index >= 15 is 0 Å². The van der Waals surface area contributed by atoms with Crippen molar-refractivity contribution < 1.29 is 39.5 Å². The Balaban J connectivity index is 0.00000144. The Kier molecular flexibility index (Phi) is 5.62. The van der Waals surface area contributed by atoms with Gasteiger partial charge in [0, 0.05) is 28.4 Å². The first-order valence-electron chi connectivity index (χ1n) is 4.55. The molecule has 0 spiro atoms. The molecule has 0 amide bonds. The molecule has 0 N–H and O–H groups in total. The molecule has 6 heteroatoms. The van der Waals surface area contributed by atoms with E-state index in [1.165, 1.54) is 11.3 Å². The number of hydrogen-bond acceptors (Lipinski definition) is 4.